The quantitative estimate of drug-likeness (QED) is 0.652. The van der Waals surface area contributed by atoms with Crippen molar-refractivity contribution in [1.82, 2.24) is 15.1 Å². The zero-order valence-corrected chi connectivity index (χ0v) is 15.4. The van der Waals surface area contributed by atoms with Crippen LogP contribution in [0.2, 0.25) is 5.02 Å². The highest BCUT2D eigenvalue weighted by molar-refractivity contribution is 6.32. The van der Waals surface area contributed by atoms with Gasteiger partial charge in [0.1, 0.15) is 12.4 Å². The van der Waals surface area contributed by atoms with Gasteiger partial charge in [-0.15, -0.1) is 0 Å². The number of carbonyl (C=O) groups excluding carboxylic acids is 1. The number of hydrogen-bond donors (Lipinski definition) is 2. The molecule has 2 N–H and O–H groups in total. The van der Waals surface area contributed by atoms with Crippen molar-refractivity contribution in [3.05, 3.63) is 29.3 Å². The molecule has 144 valence electrons. The molecule has 8 nitrogen and oxygen atoms in total. The number of benzene rings is 1. The maximum atomic E-state index is 12.3. The van der Waals surface area contributed by atoms with Crippen molar-refractivity contribution >= 4 is 23.6 Å². The van der Waals surface area contributed by atoms with Crippen LogP contribution in [0.4, 0.5) is 4.79 Å². The number of ether oxygens (including phenoxy) is 2. The number of morpholine rings is 1. The van der Waals surface area contributed by atoms with Gasteiger partial charge in [-0.2, -0.15) is 0 Å². The van der Waals surface area contributed by atoms with Crippen molar-refractivity contribution in [1.29, 1.82) is 0 Å². The number of rotatable bonds is 8. The Balaban J connectivity index is 1.69. The minimum atomic E-state index is -0.892. The molecule has 0 spiro atoms. The Morgan fingerprint density at radius 2 is 2.23 bits per heavy atom. The second-order valence-corrected chi connectivity index (χ2v) is 6.45. The van der Waals surface area contributed by atoms with Gasteiger partial charge in [0.05, 0.1) is 30.8 Å². The van der Waals surface area contributed by atoms with Crippen LogP contribution in [-0.4, -0.2) is 86.0 Å². The lowest BCUT2D eigenvalue weighted by Gasteiger charge is -2.34. The molecule has 0 saturated carbocycles. The molecular formula is C17H24ClN3O5. The lowest BCUT2D eigenvalue weighted by atomic mass is 10.2. The van der Waals surface area contributed by atoms with Crippen LogP contribution in [0.3, 0.4) is 0 Å². The van der Waals surface area contributed by atoms with Gasteiger partial charge in [0.2, 0.25) is 0 Å². The number of para-hydroxylation sites is 1. The van der Waals surface area contributed by atoms with Crippen molar-refractivity contribution in [2.45, 2.75) is 6.10 Å². The maximum Gasteiger partial charge on any atom is 0.317 e. The maximum absolute atomic E-state index is 12.3. The van der Waals surface area contributed by atoms with E-state index in [0.717, 1.165) is 0 Å². The average Bonchev–Trinajstić information content (AvgIpc) is 2.59. The van der Waals surface area contributed by atoms with E-state index in [1.807, 2.05) is 12.1 Å². The number of carboxylic acid groups (broad SMARTS) is 1. The van der Waals surface area contributed by atoms with Crippen LogP contribution in [0, 0.1) is 0 Å². The fraction of sp³-hybridized carbons (Fsp3) is 0.529. The standard InChI is InChI=1S/C17H24ClN3O5/c1-20(12-16(22)23)10-13-11-21(7-9-25-13)17(24)19-6-8-26-15-5-3-2-4-14(15)18/h2-5,13H,6-12H2,1H3,(H,19,24)(H,22,23). The molecular weight excluding hydrogens is 362 g/mol. The molecule has 0 radical (unpaired) electrons. The monoisotopic (exact) mass is 385 g/mol. The van der Waals surface area contributed by atoms with Crippen molar-refractivity contribution in [3.8, 4) is 5.75 Å². The summed E-state index contributed by atoms with van der Waals surface area (Å²) in [6, 6.07) is 6.96. The van der Waals surface area contributed by atoms with E-state index in [9.17, 15) is 9.59 Å². The van der Waals surface area contributed by atoms with E-state index in [2.05, 4.69) is 5.32 Å². The molecule has 26 heavy (non-hydrogen) atoms. The molecule has 1 aromatic carbocycles. The van der Waals surface area contributed by atoms with Crippen LogP contribution in [-0.2, 0) is 9.53 Å². The largest absolute Gasteiger partial charge is 0.490 e. The van der Waals surface area contributed by atoms with Crippen LogP contribution >= 0.6 is 11.6 Å². The van der Waals surface area contributed by atoms with Crippen molar-refractivity contribution in [3.63, 3.8) is 0 Å². The van der Waals surface area contributed by atoms with E-state index in [4.69, 9.17) is 26.2 Å². The third-order valence-corrected chi connectivity index (χ3v) is 4.13. The first-order chi connectivity index (χ1) is 12.5. The molecule has 2 rings (SSSR count). The molecule has 1 fully saturated rings. The van der Waals surface area contributed by atoms with Gasteiger partial charge >= 0.3 is 12.0 Å². The number of nitrogens with one attached hydrogen (secondary N) is 1. The Hall–Kier alpha value is -2.03. The Kier molecular flexibility index (Phi) is 7.96. The fourth-order valence-electron chi connectivity index (χ4n) is 2.65. The predicted molar refractivity (Wildman–Crippen MR) is 96.8 cm³/mol. The van der Waals surface area contributed by atoms with Gasteiger partial charge in [-0.1, -0.05) is 23.7 Å². The van der Waals surface area contributed by atoms with E-state index in [1.165, 1.54) is 0 Å². The molecule has 0 aliphatic carbocycles. The molecule has 1 aliphatic heterocycles. The topological polar surface area (TPSA) is 91.3 Å². The number of halogens is 1. The van der Waals surface area contributed by atoms with Crippen LogP contribution < -0.4 is 10.1 Å². The average molecular weight is 386 g/mol. The number of urea groups is 1. The van der Waals surface area contributed by atoms with Gasteiger partial charge in [-0.25, -0.2) is 4.79 Å². The highest BCUT2D eigenvalue weighted by Crippen LogP contribution is 2.22. The zero-order chi connectivity index (χ0) is 18.9. The first kappa shape index (κ1) is 20.3. The lowest BCUT2D eigenvalue weighted by molar-refractivity contribution is -0.138. The van der Waals surface area contributed by atoms with Gasteiger partial charge in [0.25, 0.3) is 0 Å². The Morgan fingerprint density at radius 1 is 1.46 bits per heavy atom. The number of carboxylic acids is 1. The Morgan fingerprint density at radius 3 is 2.96 bits per heavy atom. The van der Waals surface area contributed by atoms with Crippen molar-refractivity contribution in [2.24, 2.45) is 0 Å². The summed E-state index contributed by atoms with van der Waals surface area (Å²) in [5, 5.41) is 12.1. The third-order valence-electron chi connectivity index (χ3n) is 3.82. The summed E-state index contributed by atoms with van der Waals surface area (Å²) in [5.74, 6) is -0.312. The number of nitrogens with zero attached hydrogens (tertiary/aromatic N) is 2. The van der Waals surface area contributed by atoms with Gasteiger partial charge in [-0.3, -0.25) is 9.69 Å². The molecule has 9 heteroatoms. The summed E-state index contributed by atoms with van der Waals surface area (Å²) >= 11 is 6.00. The summed E-state index contributed by atoms with van der Waals surface area (Å²) in [7, 11) is 1.71. The summed E-state index contributed by atoms with van der Waals surface area (Å²) in [6.07, 6.45) is -0.210. The minimum Gasteiger partial charge on any atom is -0.490 e. The zero-order valence-electron chi connectivity index (χ0n) is 14.7. The second-order valence-electron chi connectivity index (χ2n) is 6.04. The van der Waals surface area contributed by atoms with E-state index >= 15 is 0 Å². The van der Waals surface area contributed by atoms with Gasteiger partial charge < -0.3 is 24.8 Å². The van der Waals surface area contributed by atoms with Crippen LogP contribution in [0.25, 0.3) is 0 Å². The third kappa shape index (κ3) is 6.70. The lowest BCUT2D eigenvalue weighted by Crippen LogP contribution is -2.52. The summed E-state index contributed by atoms with van der Waals surface area (Å²) in [4.78, 5) is 26.3. The van der Waals surface area contributed by atoms with Gasteiger partial charge in [0.15, 0.2) is 0 Å². The number of likely N-dealkylation sites (N-methyl/N-ethyl adjacent to an activating group) is 1. The molecule has 1 aromatic rings. The smallest absolute Gasteiger partial charge is 0.317 e. The first-order valence-electron chi connectivity index (χ1n) is 8.37. The normalized spacial score (nSPS) is 17.2. The number of hydrogen-bond acceptors (Lipinski definition) is 5. The SMILES string of the molecule is CN(CC(=O)O)CC1CN(C(=O)NCCOc2ccccc2Cl)CCO1. The number of amides is 2. The molecule has 1 aliphatic rings. The second kappa shape index (κ2) is 10.2. The Bertz CT molecular complexity index is 616. The molecule has 0 aromatic heterocycles. The summed E-state index contributed by atoms with van der Waals surface area (Å²) < 4.78 is 11.1. The molecule has 2 amide bonds. The fourth-order valence-corrected chi connectivity index (χ4v) is 2.84. The van der Waals surface area contributed by atoms with Crippen LogP contribution in [0.15, 0.2) is 24.3 Å². The van der Waals surface area contributed by atoms with E-state index in [-0.39, 0.29) is 18.7 Å². The van der Waals surface area contributed by atoms with Crippen LogP contribution in [0.1, 0.15) is 0 Å². The number of carbonyl (C=O) groups is 2. The summed E-state index contributed by atoms with van der Waals surface area (Å²) in [5.41, 5.74) is 0. The molecule has 1 saturated heterocycles. The van der Waals surface area contributed by atoms with Crippen molar-refractivity contribution in [2.75, 3.05) is 53.0 Å². The van der Waals surface area contributed by atoms with Gasteiger partial charge in [0, 0.05) is 19.6 Å². The van der Waals surface area contributed by atoms with Crippen molar-refractivity contribution < 1.29 is 24.2 Å². The number of aliphatic carboxylic acids is 1. The van der Waals surface area contributed by atoms with Gasteiger partial charge in [-0.05, 0) is 19.2 Å². The Labute approximate surface area is 157 Å². The van der Waals surface area contributed by atoms with E-state index < -0.39 is 5.97 Å². The molecule has 1 unspecified atom stereocenters. The predicted octanol–water partition coefficient (Wildman–Crippen LogP) is 1.15. The minimum absolute atomic E-state index is 0.0640. The summed E-state index contributed by atoms with van der Waals surface area (Å²) in [6.45, 7) is 2.39. The highest BCUT2D eigenvalue weighted by atomic mass is 35.5. The molecule has 1 atom stereocenters. The molecule has 0 bridgehead atoms. The first-order valence-corrected chi connectivity index (χ1v) is 8.75. The van der Waals surface area contributed by atoms with E-state index in [1.54, 1.807) is 29.0 Å². The molecule has 1 heterocycles. The van der Waals surface area contributed by atoms with Crippen LogP contribution in [0.5, 0.6) is 5.75 Å². The van der Waals surface area contributed by atoms with E-state index in [0.29, 0.717) is 50.2 Å². The highest BCUT2D eigenvalue weighted by Gasteiger charge is 2.25.